The molecule has 0 amide bonds. The van der Waals surface area contributed by atoms with Crippen LogP contribution in [0.5, 0.6) is 0 Å². The van der Waals surface area contributed by atoms with Crippen molar-refractivity contribution >= 4 is 15.8 Å². The summed E-state index contributed by atoms with van der Waals surface area (Å²) in [6.45, 7) is 1.74. The number of sulfone groups is 1. The van der Waals surface area contributed by atoms with Gasteiger partial charge in [0.15, 0.2) is 15.6 Å². The van der Waals surface area contributed by atoms with Crippen LogP contribution >= 0.6 is 0 Å². The monoisotopic (exact) mass is 271 g/mol. The Kier molecular flexibility index (Phi) is 5.35. The number of hydrogen-bond acceptors (Lipinski definition) is 5. The molecule has 1 rings (SSSR count). The van der Waals surface area contributed by atoms with E-state index in [0.29, 0.717) is 18.4 Å². The maximum absolute atomic E-state index is 12.0. The van der Waals surface area contributed by atoms with E-state index in [2.05, 4.69) is 4.74 Å². The Morgan fingerprint density at radius 3 is 2.44 bits per heavy atom. The van der Waals surface area contributed by atoms with Gasteiger partial charge in [-0.3, -0.25) is 4.79 Å². The smallest absolute Gasteiger partial charge is 0.321 e. The van der Waals surface area contributed by atoms with E-state index in [9.17, 15) is 13.2 Å². The third-order valence-corrected chi connectivity index (χ3v) is 4.42. The average molecular weight is 271 g/mol. The molecule has 0 spiro atoms. The third-order valence-electron chi connectivity index (χ3n) is 2.80. The van der Waals surface area contributed by atoms with Gasteiger partial charge in [-0.2, -0.15) is 5.26 Å². The molecular formula is C12H17NO4S. The molecule has 0 aromatic rings. The largest absolute Gasteiger partial charge is 0.465 e. The van der Waals surface area contributed by atoms with Crippen molar-refractivity contribution in [2.24, 2.45) is 0 Å². The normalized spacial score (nSPS) is 15.9. The van der Waals surface area contributed by atoms with Gasteiger partial charge >= 0.3 is 5.97 Å². The van der Waals surface area contributed by atoms with Crippen LogP contribution < -0.4 is 0 Å². The van der Waals surface area contributed by atoms with Crippen molar-refractivity contribution in [3.05, 3.63) is 10.5 Å². The molecule has 0 atom stereocenters. The average Bonchev–Trinajstić information content (AvgIpc) is 2.30. The highest BCUT2D eigenvalue weighted by Gasteiger charge is 2.26. The molecule has 1 fully saturated rings. The van der Waals surface area contributed by atoms with Crippen LogP contribution in [-0.4, -0.2) is 26.7 Å². The summed E-state index contributed by atoms with van der Waals surface area (Å²) in [6, 6.07) is 1.74. The summed E-state index contributed by atoms with van der Waals surface area (Å²) >= 11 is 0. The summed E-state index contributed by atoms with van der Waals surface area (Å²) in [5, 5.41) is 9.02. The molecule has 0 bridgehead atoms. The molecular weight excluding hydrogens is 254 g/mol. The van der Waals surface area contributed by atoms with Crippen LogP contribution in [0.25, 0.3) is 0 Å². The molecule has 0 aromatic heterocycles. The van der Waals surface area contributed by atoms with Gasteiger partial charge in [-0.05, 0) is 38.2 Å². The van der Waals surface area contributed by atoms with Gasteiger partial charge in [0, 0.05) is 0 Å². The molecule has 1 aliphatic carbocycles. The van der Waals surface area contributed by atoms with E-state index in [1.807, 2.05) is 0 Å². The maximum Gasteiger partial charge on any atom is 0.321 e. The molecule has 1 saturated carbocycles. The highest BCUT2D eigenvalue weighted by Crippen LogP contribution is 2.28. The number of rotatable bonds is 4. The Balaban J connectivity index is 2.94. The van der Waals surface area contributed by atoms with E-state index in [-0.39, 0.29) is 11.5 Å². The fraction of sp³-hybridized carbons (Fsp3) is 0.667. The van der Waals surface area contributed by atoms with E-state index >= 15 is 0 Å². The van der Waals surface area contributed by atoms with E-state index in [1.165, 1.54) is 0 Å². The molecule has 0 heterocycles. The number of carbonyl (C=O) groups excluding carboxylic acids is 1. The molecule has 1 aliphatic rings. The lowest BCUT2D eigenvalue weighted by atomic mass is 9.95. The Morgan fingerprint density at radius 2 is 1.94 bits per heavy atom. The van der Waals surface area contributed by atoms with Crippen molar-refractivity contribution in [3.63, 3.8) is 0 Å². The number of allylic oxidation sites excluding steroid dienone is 2. The van der Waals surface area contributed by atoms with E-state index in [1.54, 1.807) is 13.0 Å². The van der Waals surface area contributed by atoms with E-state index < -0.39 is 21.6 Å². The highest BCUT2D eigenvalue weighted by atomic mass is 32.2. The van der Waals surface area contributed by atoms with Gasteiger partial charge in [0.1, 0.15) is 11.0 Å². The highest BCUT2D eigenvalue weighted by molar-refractivity contribution is 7.96. The van der Waals surface area contributed by atoms with E-state index in [4.69, 9.17) is 5.26 Å². The van der Waals surface area contributed by atoms with Gasteiger partial charge < -0.3 is 4.74 Å². The summed E-state index contributed by atoms with van der Waals surface area (Å²) in [5.41, 5.74) is 0.660. The van der Waals surface area contributed by atoms with Gasteiger partial charge in [0.2, 0.25) is 0 Å². The zero-order chi connectivity index (χ0) is 13.6. The van der Waals surface area contributed by atoms with Crippen LogP contribution in [0.2, 0.25) is 0 Å². The molecule has 0 aliphatic heterocycles. The topological polar surface area (TPSA) is 84.2 Å². The minimum absolute atomic E-state index is 0.132. The van der Waals surface area contributed by atoms with Gasteiger partial charge in [-0.15, -0.1) is 0 Å². The first-order valence-electron chi connectivity index (χ1n) is 6.01. The quantitative estimate of drug-likeness (QED) is 0.574. The lowest BCUT2D eigenvalue weighted by Crippen LogP contribution is -2.20. The first kappa shape index (κ1) is 14.7. The minimum atomic E-state index is -3.85. The first-order valence-corrected chi connectivity index (χ1v) is 7.67. The second-order valence-electron chi connectivity index (χ2n) is 4.17. The van der Waals surface area contributed by atoms with Gasteiger partial charge in [-0.25, -0.2) is 8.42 Å². The summed E-state index contributed by atoms with van der Waals surface area (Å²) < 4.78 is 28.5. The fourth-order valence-corrected chi connectivity index (χ4v) is 3.33. The zero-order valence-electron chi connectivity index (χ0n) is 10.4. The predicted molar refractivity (Wildman–Crippen MR) is 66.1 cm³/mol. The van der Waals surface area contributed by atoms with Crippen molar-refractivity contribution in [2.45, 2.75) is 39.0 Å². The van der Waals surface area contributed by atoms with Crippen LogP contribution in [0.3, 0.4) is 0 Å². The lowest BCUT2D eigenvalue weighted by Gasteiger charge is -2.15. The van der Waals surface area contributed by atoms with Gasteiger partial charge in [0.05, 0.1) is 6.61 Å². The number of esters is 1. The molecule has 0 N–H and O–H groups in total. The van der Waals surface area contributed by atoms with Crippen molar-refractivity contribution in [1.29, 1.82) is 5.26 Å². The van der Waals surface area contributed by atoms with Crippen LogP contribution in [0.4, 0.5) is 0 Å². The second kappa shape index (κ2) is 6.55. The summed E-state index contributed by atoms with van der Waals surface area (Å²) in [6.07, 6.45) is 4.11. The third kappa shape index (κ3) is 3.84. The zero-order valence-corrected chi connectivity index (χ0v) is 11.3. The Hall–Kier alpha value is -1.35. The minimum Gasteiger partial charge on any atom is -0.465 e. The number of nitriles is 1. The molecule has 5 nitrogen and oxygen atoms in total. The Labute approximate surface area is 107 Å². The Morgan fingerprint density at radius 1 is 1.33 bits per heavy atom. The summed E-state index contributed by atoms with van der Waals surface area (Å²) in [5.74, 6) is -1.55. The van der Waals surface area contributed by atoms with Crippen LogP contribution in [0.1, 0.15) is 39.0 Å². The fourth-order valence-electron chi connectivity index (χ4n) is 2.00. The van der Waals surface area contributed by atoms with Gasteiger partial charge in [0.25, 0.3) is 0 Å². The maximum atomic E-state index is 12.0. The van der Waals surface area contributed by atoms with Crippen molar-refractivity contribution in [2.75, 3.05) is 12.4 Å². The van der Waals surface area contributed by atoms with Crippen LogP contribution in [-0.2, 0) is 19.4 Å². The first-order chi connectivity index (χ1) is 8.51. The second-order valence-corrected chi connectivity index (χ2v) is 6.10. The number of hydrogen-bond donors (Lipinski definition) is 0. The predicted octanol–water partition coefficient (Wildman–Crippen LogP) is 1.71. The van der Waals surface area contributed by atoms with Crippen molar-refractivity contribution in [1.82, 2.24) is 0 Å². The molecule has 0 unspecified atom stereocenters. The lowest BCUT2D eigenvalue weighted by molar-refractivity contribution is -0.139. The van der Waals surface area contributed by atoms with Crippen molar-refractivity contribution in [3.8, 4) is 6.07 Å². The summed E-state index contributed by atoms with van der Waals surface area (Å²) in [4.78, 5) is 11.0. The SMILES string of the molecule is CCOC(=O)CS(=O)(=O)C(C#N)=C1CCCCC1. The summed E-state index contributed by atoms with van der Waals surface area (Å²) in [7, 11) is -3.85. The molecule has 0 saturated heterocycles. The molecule has 0 radical (unpaired) electrons. The molecule has 18 heavy (non-hydrogen) atoms. The molecule has 6 heteroatoms. The number of nitrogens with zero attached hydrogens (tertiary/aromatic N) is 1. The number of carbonyl (C=O) groups is 1. The number of ether oxygens (including phenoxy) is 1. The van der Waals surface area contributed by atoms with E-state index in [0.717, 1.165) is 19.3 Å². The van der Waals surface area contributed by atoms with Crippen LogP contribution in [0.15, 0.2) is 10.5 Å². The Bertz CT molecular complexity index is 477. The standard InChI is InChI=1S/C12H17NO4S/c1-2-17-12(14)9-18(15,16)11(8-13)10-6-4-3-5-7-10/h2-7,9H2,1H3. The van der Waals surface area contributed by atoms with Crippen molar-refractivity contribution < 1.29 is 17.9 Å². The van der Waals surface area contributed by atoms with Gasteiger partial charge in [-0.1, -0.05) is 6.42 Å². The van der Waals surface area contributed by atoms with Crippen LogP contribution in [0, 0.1) is 11.3 Å². The molecule has 0 aromatic carbocycles. The molecule has 100 valence electrons.